The van der Waals surface area contributed by atoms with Gasteiger partial charge in [0.15, 0.2) is 0 Å². The van der Waals surface area contributed by atoms with E-state index >= 15 is 0 Å². The van der Waals surface area contributed by atoms with E-state index in [9.17, 15) is 4.79 Å². The molecule has 0 unspecified atom stereocenters. The van der Waals surface area contributed by atoms with Crippen LogP contribution in [0, 0.1) is 6.92 Å². The SMILES string of the molecule is COc1ccc(CNC(=O)c2ccc(C)s2)cc1. The molecule has 0 aliphatic carbocycles. The first-order chi connectivity index (χ1) is 8.69. The second kappa shape index (κ2) is 5.69. The van der Waals surface area contributed by atoms with Crippen LogP contribution in [0.2, 0.25) is 0 Å². The molecule has 2 aromatic rings. The lowest BCUT2D eigenvalue weighted by atomic mass is 10.2. The largest absolute Gasteiger partial charge is 0.497 e. The molecule has 3 nitrogen and oxygen atoms in total. The highest BCUT2D eigenvalue weighted by molar-refractivity contribution is 7.13. The summed E-state index contributed by atoms with van der Waals surface area (Å²) in [6.45, 7) is 2.52. The molecule has 0 saturated heterocycles. The molecule has 0 spiro atoms. The standard InChI is InChI=1S/C14H15NO2S/c1-10-3-8-13(18-10)14(16)15-9-11-4-6-12(17-2)7-5-11/h3-8H,9H2,1-2H3,(H,15,16). The molecule has 0 atom stereocenters. The second-order valence-corrected chi connectivity index (χ2v) is 5.23. The van der Waals surface area contributed by atoms with Gasteiger partial charge in [0.1, 0.15) is 5.75 Å². The van der Waals surface area contributed by atoms with Gasteiger partial charge >= 0.3 is 0 Å². The van der Waals surface area contributed by atoms with Gasteiger partial charge in [0.2, 0.25) is 0 Å². The minimum atomic E-state index is -0.0241. The molecule has 4 heteroatoms. The average Bonchev–Trinajstić information content (AvgIpc) is 2.83. The Hall–Kier alpha value is -1.81. The van der Waals surface area contributed by atoms with Crippen molar-refractivity contribution in [3.8, 4) is 5.75 Å². The van der Waals surface area contributed by atoms with Crippen LogP contribution in [0.4, 0.5) is 0 Å². The van der Waals surface area contributed by atoms with Crippen LogP contribution in [-0.4, -0.2) is 13.0 Å². The van der Waals surface area contributed by atoms with Crippen molar-refractivity contribution in [1.82, 2.24) is 5.32 Å². The number of carbonyl (C=O) groups is 1. The molecule has 0 aliphatic rings. The normalized spacial score (nSPS) is 10.1. The number of thiophene rings is 1. The summed E-state index contributed by atoms with van der Waals surface area (Å²) in [5, 5.41) is 2.90. The van der Waals surface area contributed by atoms with Crippen molar-refractivity contribution in [2.45, 2.75) is 13.5 Å². The van der Waals surface area contributed by atoms with E-state index in [-0.39, 0.29) is 5.91 Å². The molecular formula is C14H15NO2S. The number of benzene rings is 1. The Labute approximate surface area is 110 Å². The minimum absolute atomic E-state index is 0.0241. The monoisotopic (exact) mass is 261 g/mol. The van der Waals surface area contributed by atoms with Gasteiger partial charge in [-0.1, -0.05) is 12.1 Å². The van der Waals surface area contributed by atoms with Crippen LogP contribution in [0.5, 0.6) is 5.75 Å². The van der Waals surface area contributed by atoms with Crippen LogP contribution < -0.4 is 10.1 Å². The molecule has 1 heterocycles. The highest BCUT2D eigenvalue weighted by Crippen LogP contribution is 2.15. The summed E-state index contributed by atoms with van der Waals surface area (Å²) in [6, 6.07) is 11.5. The minimum Gasteiger partial charge on any atom is -0.497 e. The van der Waals surface area contributed by atoms with Gasteiger partial charge in [-0.25, -0.2) is 0 Å². The molecule has 1 amide bonds. The lowest BCUT2D eigenvalue weighted by molar-refractivity contribution is 0.0955. The molecular weight excluding hydrogens is 246 g/mol. The van der Waals surface area contributed by atoms with Crippen molar-refractivity contribution in [3.05, 3.63) is 51.7 Å². The fourth-order valence-corrected chi connectivity index (χ4v) is 2.35. The molecule has 1 aromatic heterocycles. The quantitative estimate of drug-likeness (QED) is 0.918. The first kappa shape index (κ1) is 12.6. The molecule has 0 fully saturated rings. The Morgan fingerprint density at radius 2 is 1.94 bits per heavy atom. The summed E-state index contributed by atoms with van der Waals surface area (Å²) in [4.78, 5) is 13.7. The zero-order chi connectivity index (χ0) is 13.0. The summed E-state index contributed by atoms with van der Waals surface area (Å²) in [7, 11) is 1.63. The number of nitrogens with one attached hydrogen (secondary N) is 1. The third kappa shape index (κ3) is 3.11. The predicted octanol–water partition coefficient (Wildman–Crippen LogP) is 3.00. The molecule has 0 bridgehead atoms. The van der Waals surface area contributed by atoms with E-state index < -0.39 is 0 Å². The van der Waals surface area contributed by atoms with E-state index in [0.29, 0.717) is 6.54 Å². The summed E-state index contributed by atoms with van der Waals surface area (Å²) < 4.78 is 5.08. The molecule has 1 N–H and O–H groups in total. The van der Waals surface area contributed by atoms with Gasteiger partial charge in [-0.05, 0) is 36.8 Å². The summed E-state index contributed by atoms with van der Waals surface area (Å²) in [5.41, 5.74) is 1.05. The molecule has 0 saturated carbocycles. The number of carbonyl (C=O) groups excluding carboxylic acids is 1. The summed E-state index contributed by atoms with van der Waals surface area (Å²) in [5.74, 6) is 0.794. The van der Waals surface area contributed by atoms with Crippen LogP contribution in [0.3, 0.4) is 0 Å². The van der Waals surface area contributed by atoms with Crippen molar-refractivity contribution < 1.29 is 9.53 Å². The van der Waals surface area contributed by atoms with Gasteiger partial charge < -0.3 is 10.1 Å². The van der Waals surface area contributed by atoms with Gasteiger partial charge in [-0.15, -0.1) is 11.3 Å². The highest BCUT2D eigenvalue weighted by Gasteiger charge is 2.07. The fourth-order valence-electron chi connectivity index (χ4n) is 1.57. The van der Waals surface area contributed by atoms with Gasteiger partial charge in [0.25, 0.3) is 5.91 Å². The molecule has 1 aromatic carbocycles. The van der Waals surface area contributed by atoms with Crippen LogP contribution in [0.15, 0.2) is 36.4 Å². The summed E-state index contributed by atoms with van der Waals surface area (Å²) >= 11 is 1.51. The lowest BCUT2D eigenvalue weighted by Gasteiger charge is -2.05. The first-order valence-corrected chi connectivity index (χ1v) is 6.48. The fraction of sp³-hybridized carbons (Fsp3) is 0.214. The lowest BCUT2D eigenvalue weighted by Crippen LogP contribution is -2.21. The van der Waals surface area contributed by atoms with Gasteiger partial charge in [0.05, 0.1) is 12.0 Å². The summed E-state index contributed by atoms with van der Waals surface area (Å²) in [6.07, 6.45) is 0. The maximum atomic E-state index is 11.8. The van der Waals surface area contributed by atoms with Crippen molar-refractivity contribution >= 4 is 17.2 Å². The number of ether oxygens (including phenoxy) is 1. The Balaban J connectivity index is 1.92. The van der Waals surface area contributed by atoms with Crippen LogP contribution >= 0.6 is 11.3 Å². The third-order valence-corrected chi connectivity index (χ3v) is 3.58. The Morgan fingerprint density at radius 3 is 2.50 bits per heavy atom. The predicted molar refractivity (Wildman–Crippen MR) is 73.2 cm³/mol. The van der Waals surface area contributed by atoms with E-state index in [2.05, 4.69) is 5.32 Å². The number of amides is 1. The van der Waals surface area contributed by atoms with E-state index in [0.717, 1.165) is 21.1 Å². The number of hydrogen-bond acceptors (Lipinski definition) is 3. The van der Waals surface area contributed by atoms with E-state index in [4.69, 9.17) is 4.74 Å². The van der Waals surface area contributed by atoms with Crippen LogP contribution in [0.1, 0.15) is 20.1 Å². The van der Waals surface area contributed by atoms with Crippen molar-refractivity contribution in [3.63, 3.8) is 0 Å². The molecule has 18 heavy (non-hydrogen) atoms. The molecule has 0 aliphatic heterocycles. The van der Waals surface area contributed by atoms with E-state index in [1.54, 1.807) is 7.11 Å². The molecule has 0 radical (unpaired) electrons. The van der Waals surface area contributed by atoms with E-state index in [1.165, 1.54) is 11.3 Å². The Morgan fingerprint density at radius 1 is 1.22 bits per heavy atom. The number of hydrogen-bond donors (Lipinski definition) is 1. The number of methoxy groups -OCH3 is 1. The van der Waals surface area contributed by atoms with Gasteiger partial charge in [-0.3, -0.25) is 4.79 Å². The number of rotatable bonds is 4. The molecule has 2 rings (SSSR count). The zero-order valence-corrected chi connectivity index (χ0v) is 11.2. The Kier molecular flexibility index (Phi) is 3.99. The van der Waals surface area contributed by atoms with Crippen molar-refractivity contribution in [2.75, 3.05) is 7.11 Å². The maximum Gasteiger partial charge on any atom is 0.261 e. The van der Waals surface area contributed by atoms with E-state index in [1.807, 2.05) is 43.3 Å². The van der Waals surface area contributed by atoms with Crippen LogP contribution in [0.25, 0.3) is 0 Å². The maximum absolute atomic E-state index is 11.8. The first-order valence-electron chi connectivity index (χ1n) is 5.66. The van der Waals surface area contributed by atoms with Crippen molar-refractivity contribution in [2.24, 2.45) is 0 Å². The van der Waals surface area contributed by atoms with Crippen molar-refractivity contribution in [1.29, 1.82) is 0 Å². The third-order valence-electron chi connectivity index (χ3n) is 2.58. The average molecular weight is 261 g/mol. The van der Waals surface area contributed by atoms with Gasteiger partial charge in [0, 0.05) is 11.4 Å². The topological polar surface area (TPSA) is 38.3 Å². The smallest absolute Gasteiger partial charge is 0.261 e. The molecule has 94 valence electrons. The Bertz CT molecular complexity index is 531. The number of aryl methyl sites for hydroxylation is 1. The second-order valence-electron chi connectivity index (χ2n) is 3.94. The van der Waals surface area contributed by atoms with Gasteiger partial charge in [-0.2, -0.15) is 0 Å². The van der Waals surface area contributed by atoms with Crippen LogP contribution in [-0.2, 0) is 6.54 Å². The highest BCUT2D eigenvalue weighted by atomic mass is 32.1. The zero-order valence-electron chi connectivity index (χ0n) is 10.4.